The van der Waals surface area contributed by atoms with Crippen molar-refractivity contribution in [1.82, 2.24) is 0 Å². The SMILES string of the molecule is CCCCCC(C)OC(=O)CC(O)CC. The average molecular weight is 216 g/mol. The van der Waals surface area contributed by atoms with E-state index in [0.29, 0.717) is 6.42 Å². The van der Waals surface area contributed by atoms with Crippen molar-refractivity contribution in [3.05, 3.63) is 0 Å². The van der Waals surface area contributed by atoms with Crippen molar-refractivity contribution in [3.63, 3.8) is 0 Å². The fraction of sp³-hybridized carbons (Fsp3) is 0.917. The van der Waals surface area contributed by atoms with Crippen LogP contribution >= 0.6 is 0 Å². The maximum Gasteiger partial charge on any atom is 0.308 e. The molecule has 0 radical (unpaired) electrons. The van der Waals surface area contributed by atoms with E-state index in [9.17, 15) is 9.90 Å². The summed E-state index contributed by atoms with van der Waals surface area (Å²) in [5.41, 5.74) is 0. The van der Waals surface area contributed by atoms with Gasteiger partial charge >= 0.3 is 5.97 Å². The first-order valence-corrected chi connectivity index (χ1v) is 5.97. The molecule has 1 N–H and O–H groups in total. The second kappa shape index (κ2) is 8.72. The third kappa shape index (κ3) is 8.43. The van der Waals surface area contributed by atoms with Gasteiger partial charge in [0.25, 0.3) is 0 Å². The number of carbonyl (C=O) groups excluding carboxylic acids is 1. The zero-order chi connectivity index (χ0) is 11.7. The Morgan fingerprint density at radius 3 is 2.53 bits per heavy atom. The molecular formula is C12H24O3. The molecule has 2 unspecified atom stereocenters. The fourth-order valence-corrected chi connectivity index (χ4v) is 1.35. The smallest absolute Gasteiger partial charge is 0.308 e. The van der Waals surface area contributed by atoms with Crippen molar-refractivity contribution < 1.29 is 14.6 Å². The minimum absolute atomic E-state index is 0.0203. The van der Waals surface area contributed by atoms with Crippen LogP contribution in [0.5, 0.6) is 0 Å². The Labute approximate surface area is 92.8 Å². The van der Waals surface area contributed by atoms with Gasteiger partial charge in [0.2, 0.25) is 0 Å². The van der Waals surface area contributed by atoms with Crippen LogP contribution in [0, 0.1) is 0 Å². The van der Waals surface area contributed by atoms with Crippen molar-refractivity contribution in [2.45, 2.75) is 71.5 Å². The number of unbranched alkanes of at least 4 members (excludes halogenated alkanes) is 2. The molecule has 15 heavy (non-hydrogen) atoms. The van der Waals surface area contributed by atoms with E-state index in [-0.39, 0.29) is 18.5 Å². The van der Waals surface area contributed by atoms with Gasteiger partial charge in [0.1, 0.15) is 0 Å². The predicted molar refractivity (Wildman–Crippen MR) is 60.6 cm³/mol. The largest absolute Gasteiger partial charge is 0.463 e. The minimum atomic E-state index is -0.555. The van der Waals surface area contributed by atoms with Crippen LogP contribution in [0.3, 0.4) is 0 Å². The Morgan fingerprint density at radius 2 is 2.00 bits per heavy atom. The first-order chi connectivity index (χ1) is 7.10. The zero-order valence-electron chi connectivity index (χ0n) is 10.2. The quantitative estimate of drug-likeness (QED) is 0.501. The summed E-state index contributed by atoms with van der Waals surface area (Å²) >= 11 is 0. The third-order valence-electron chi connectivity index (χ3n) is 2.42. The molecule has 0 bridgehead atoms. The van der Waals surface area contributed by atoms with Gasteiger partial charge in [-0.05, 0) is 26.2 Å². The van der Waals surface area contributed by atoms with Gasteiger partial charge in [0.15, 0.2) is 0 Å². The molecule has 0 aromatic heterocycles. The Hall–Kier alpha value is -0.570. The minimum Gasteiger partial charge on any atom is -0.463 e. The van der Waals surface area contributed by atoms with Crippen LogP contribution in [0.1, 0.15) is 59.3 Å². The van der Waals surface area contributed by atoms with Gasteiger partial charge in [-0.3, -0.25) is 4.79 Å². The lowest BCUT2D eigenvalue weighted by Crippen LogP contribution is -2.19. The van der Waals surface area contributed by atoms with E-state index in [0.717, 1.165) is 12.8 Å². The monoisotopic (exact) mass is 216 g/mol. The summed E-state index contributed by atoms with van der Waals surface area (Å²) < 4.78 is 5.17. The Bertz CT molecular complexity index is 168. The highest BCUT2D eigenvalue weighted by Crippen LogP contribution is 2.08. The molecule has 2 atom stereocenters. The van der Waals surface area contributed by atoms with Crippen LogP contribution in [-0.2, 0) is 9.53 Å². The predicted octanol–water partition coefficient (Wildman–Crippen LogP) is 2.66. The Morgan fingerprint density at radius 1 is 1.33 bits per heavy atom. The molecule has 0 heterocycles. The highest BCUT2D eigenvalue weighted by atomic mass is 16.5. The summed E-state index contributed by atoms with van der Waals surface area (Å²) in [6.07, 6.45) is 4.51. The second-order valence-electron chi connectivity index (χ2n) is 4.06. The molecule has 0 aliphatic carbocycles. The van der Waals surface area contributed by atoms with Crippen LogP contribution < -0.4 is 0 Å². The van der Waals surface area contributed by atoms with Gasteiger partial charge in [0, 0.05) is 0 Å². The zero-order valence-corrected chi connectivity index (χ0v) is 10.2. The number of carbonyl (C=O) groups is 1. The van der Waals surface area contributed by atoms with E-state index in [1.54, 1.807) is 0 Å². The van der Waals surface area contributed by atoms with Gasteiger partial charge in [-0.1, -0.05) is 26.7 Å². The Kier molecular flexibility index (Phi) is 8.38. The van der Waals surface area contributed by atoms with E-state index in [1.807, 2.05) is 13.8 Å². The van der Waals surface area contributed by atoms with Crippen molar-refractivity contribution in [3.8, 4) is 0 Å². The lowest BCUT2D eigenvalue weighted by atomic mass is 10.1. The maximum absolute atomic E-state index is 11.3. The lowest BCUT2D eigenvalue weighted by Gasteiger charge is -2.14. The highest BCUT2D eigenvalue weighted by Gasteiger charge is 2.13. The summed E-state index contributed by atoms with van der Waals surface area (Å²) in [5.74, 6) is -0.284. The van der Waals surface area contributed by atoms with Gasteiger partial charge < -0.3 is 9.84 Å². The standard InChI is InChI=1S/C12H24O3/c1-4-6-7-8-10(3)15-12(14)9-11(13)5-2/h10-11,13H,4-9H2,1-3H3. The highest BCUT2D eigenvalue weighted by molar-refractivity contribution is 5.70. The number of rotatable bonds is 8. The number of aliphatic hydroxyl groups excluding tert-OH is 1. The average Bonchev–Trinajstić information content (AvgIpc) is 2.17. The van der Waals surface area contributed by atoms with Crippen LogP contribution in [0.4, 0.5) is 0 Å². The molecule has 0 fully saturated rings. The van der Waals surface area contributed by atoms with E-state index in [4.69, 9.17) is 4.74 Å². The Balaban J connectivity index is 3.57. The number of hydrogen-bond donors (Lipinski definition) is 1. The van der Waals surface area contributed by atoms with E-state index >= 15 is 0 Å². The number of aliphatic hydroxyl groups is 1. The van der Waals surface area contributed by atoms with Crippen LogP contribution in [-0.4, -0.2) is 23.3 Å². The van der Waals surface area contributed by atoms with Gasteiger partial charge in [-0.25, -0.2) is 0 Å². The molecule has 0 saturated heterocycles. The van der Waals surface area contributed by atoms with Crippen LogP contribution in [0.15, 0.2) is 0 Å². The maximum atomic E-state index is 11.3. The molecule has 0 saturated carbocycles. The van der Waals surface area contributed by atoms with Gasteiger partial charge in [-0.15, -0.1) is 0 Å². The van der Waals surface area contributed by atoms with Gasteiger partial charge in [0.05, 0.1) is 18.6 Å². The van der Waals surface area contributed by atoms with E-state index < -0.39 is 6.10 Å². The summed E-state index contributed by atoms with van der Waals surface area (Å²) in [6.45, 7) is 5.91. The number of hydrogen-bond acceptors (Lipinski definition) is 3. The van der Waals surface area contributed by atoms with Crippen molar-refractivity contribution >= 4 is 5.97 Å². The van der Waals surface area contributed by atoms with Crippen LogP contribution in [0.2, 0.25) is 0 Å². The molecule has 0 aromatic carbocycles. The van der Waals surface area contributed by atoms with Gasteiger partial charge in [-0.2, -0.15) is 0 Å². The van der Waals surface area contributed by atoms with Crippen molar-refractivity contribution in [2.75, 3.05) is 0 Å². The second-order valence-corrected chi connectivity index (χ2v) is 4.06. The first-order valence-electron chi connectivity index (χ1n) is 5.97. The fourth-order valence-electron chi connectivity index (χ4n) is 1.35. The normalized spacial score (nSPS) is 14.7. The molecule has 0 aromatic rings. The molecule has 0 aliphatic heterocycles. The lowest BCUT2D eigenvalue weighted by molar-refractivity contribution is -0.150. The molecule has 0 amide bonds. The first kappa shape index (κ1) is 14.4. The summed E-state index contributed by atoms with van der Waals surface area (Å²) in [4.78, 5) is 11.3. The molecule has 0 rings (SSSR count). The number of ether oxygens (including phenoxy) is 1. The van der Waals surface area contributed by atoms with Crippen molar-refractivity contribution in [1.29, 1.82) is 0 Å². The van der Waals surface area contributed by atoms with Crippen molar-refractivity contribution in [2.24, 2.45) is 0 Å². The van der Waals surface area contributed by atoms with Crippen LogP contribution in [0.25, 0.3) is 0 Å². The molecular weight excluding hydrogens is 192 g/mol. The summed E-state index contributed by atoms with van der Waals surface area (Å²) in [6, 6.07) is 0. The molecule has 3 heteroatoms. The summed E-state index contributed by atoms with van der Waals surface area (Å²) in [7, 11) is 0. The molecule has 3 nitrogen and oxygen atoms in total. The molecule has 0 spiro atoms. The number of esters is 1. The molecule has 0 aliphatic rings. The van der Waals surface area contributed by atoms with E-state index in [1.165, 1.54) is 12.8 Å². The molecule has 90 valence electrons. The topological polar surface area (TPSA) is 46.5 Å². The third-order valence-corrected chi connectivity index (χ3v) is 2.42. The summed E-state index contributed by atoms with van der Waals surface area (Å²) in [5, 5.41) is 9.25. The van der Waals surface area contributed by atoms with E-state index in [2.05, 4.69) is 6.92 Å².